The Kier molecular flexibility index (Phi) is 8.78. The lowest BCUT2D eigenvalue weighted by Gasteiger charge is -2.20. The Labute approximate surface area is 219 Å². The van der Waals surface area contributed by atoms with Crippen molar-refractivity contribution in [3.8, 4) is 5.75 Å². The quantitative estimate of drug-likeness (QED) is 0.306. The van der Waals surface area contributed by atoms with E-state index in [1.165, 1.54) is 11.8 Å². The van der Waals surface area contributed by atoms with Crippen molar-refractivity contribution in [3.05, 3.63) is 65.4 Å². The van der Waals surface area contributed by atoms with E-state index in [0.717, 1.165) is 25.2 Å². The summed E-state index contributed by atoms with van der Waals surface area (Å²) in [4.78, 5) is 20.0. The molecule has 9 heteroatoms. The minimum Gasteiger partial charge on any atom is -0.486 e. The van der Waals surface area contributed by atoms with Crippen molar-refractivity contribution in [1.82, 2.24) is 4.90 Å². The number of halogens is 4. The number of thioether (sulfide) groups is 1. The molecule has 0 radical (unpaired) electrons. The third-order valence-electron chi connectivity index (χ3n) is 4.43. The molecule has 0 bridgehead atoms. The lowest BCUT2D eigenvalue weighted by atomic mass is 10.2. The van der Waals surface area contributed by atoms with E-state index in [0.29, 0.717) is 27.3 Å². The second-order valence-electron chi connectivity index (χ2n) is 7.72. The van der Waals surface area contributed by atoms with Gasteiger partial charge in [0, 0.05) is 27.7 Å². The fraction of sp³-hybridized carbons (Fsp3) is 0.304. The van der Waals surface area contributed by atoms with Crippen LogP contribution in [0, 0.1) is 0 Å². The molecule has 1 aliphatic rings. The number of nitrogens with zero attached hydrogens (tertiary/aromatic N) is 2. The first-order valence-electron chi connectivity index (χ1n) is 9.93. The van der Waals surface area contributed by atoms with Crippen LogP contribution in [0.4, 0.5) is 0 Å². The lowest BCUT2D eigenvalue weighted by molar-refractivity contribution is -0.123. The average molecular weight is 621 g/mol. The Bertz CT molecular complexity index is 1080. The van der Waals surface area contributed by atoms with Crippen molar-refractivity contribution in [2.45, 2.75) is 46.4 Å². The molecule has 1 fully saturated rings. The maximum Gasteiger partial charge on any atom is 0.266 e. The number of carbonyl (C=O) groups is 1. The highest BCUT2D eigenvalue weighted by Crippen LogP contribution is 2.39. The van der Waals surface area contributed by atoms with Crippen LogP contribution in [0.2, 0.25) is 10.0 Å². The lowest BCUT2D eigenvalue weighted by Crippen LogP contribution is -2.35. The third kappa shape index (κ3) is 6.11. The fourth-order valence-corrected chi connectivity index (χ4v) is 6.14. The highest BCUT2D eigenvalue weighted by Gasteiger charge is 2.35. The number of amidine groups is 1. The largest absolute Gasteiger partial charge is 0.486 e. The summed E-state index contributed by atoms with van der Waals surface area (Å²) in [6.07, 6.45) is 1.88. The molecule has 1 saturated heterocycles. The molecule has 0 aromatic heterocycles. The Morgan fingerprint density at radius 2 is 1.78 bits per heavy atom. The van der Waals surface area contributed by atoms with Crippen LogP contribution in [0.25, 0.3) is 6.08 Å². The number of benzene rings is 2. The summed E-state index contributed by atoms with van der Waals surface area (Å²) >= 11 is 20.8. The van der Waals surface area contributed by atoms with Gasteiger partial charge in [-0.25, -0.2) is 0 Å². The second kappa shape index (κ2) is 11.0. The summed E-state index contributed by atoms with van der Waals surface area (Å²) in [5.74, 6) is 0.615. The van der Waals surface area contributed by atoms with Gasteiger partial charge in [0.15, 0.2) is 5.17 Å². The van der Waals surface area contributed by atoms with Crippen LogP contribution in [0.5, 0.6) is 5.75 Å². The third-order valence-corrected chi connectivity index (χ3v) is 7.19. The first-order chi connectivity index (χ1) is 15.1. The molecule has 1 amide bonds. The summed E-state index contributed by atoms with van der Waals surface area (Å²) in [7, 11) is 0. The maximum absolute atomic E-state index is 13.0. The molecule has 0 spiro atoms. The van der Waals surface area contributed by atoms with Crippen molar-refractivity contribution < 1.29 is 9.53 Å². The van der Waals surface area contributed by atoms with Crippen LogP contribution in [0.15, 0.2) is 49.2 Å². The van der Waals surface area contributed by atoms with Gasteiger partial charge in [0.1, 0.15) is 12.4 Å². The van der Waals surface area contributed by atoms with Crippen LogP contribution in [-0.2, 0) is 11.4 Å². The van der Waals surface area contributed by atoms with Gasteiger partial charge in [-0.1, -0.05) is 29.3 Å². The normalized spacial score (nSPS) is 16.8. The van der Waals surface area contributed by atoms with Gasteiger partial charge in [-0.05, 0) is 107 Å². The van der Waals surface area contributed by atoms with Gasteiger partial charge < -0.3 is 4.74 Å². The zero-order valence-corrected chi connectivity index (χ0v) is 23.5. The van der Waals surface area contributed by atoms with Gasteiger partial charge in [0.25, 0.3) is 5.91 Å². The van der Waals surface area contributed by atoms with Gasteiger partial charge in [-0.3, -0.25) is 14.7 Å². The number of ether oxygens (including phenoxy) is 1. The van der Waals surface area contributed by atoms with Gasteiger partial charge in [0.2, 0.25) is 0 Å². The summed E-state index contributed by atoms with van der Waals surface area (Å²) in [5.41, 5.74) is 1.70. The molecule has 0 unspecified atom stereocenters. The summed E-state index contributed by atoms with van der Waals surface area (Å²) < 4.78 is 7.51. The molecule has 32 heavy (non-hydrogen) atoms. The van der Waals surface area contributed by atoms with Crippen molar-refractivity contribution in [3.63, 3.8) is 0 Å². The first kappa shape index (κ1) is 25.6. The van der Waals surface area contributed by atoms with Crippen molar-refractivity contribution in [1.29, 1.82) is 0 Å². The molecule has 0 atom stereocenters. The molecule has 2 aromatic carbocycles. The number of carbonyl (C=O) groups excluding carboxylic acids is 1. The van der Waals surface area contributed by atoms with E-state index >= 15 is 0 Å². The standard InChI is InChI=1S/C23H22Br2Cl2N2O2S/c1-12(2)28-23-29(13(3)4)22(30)20(32-23)9-14-7-17(24)21(18(25)8-14)31-11-15-5-6-16(26)10-19(15)27/h5-10,12-13H,11H2,1-4H3/b20-9+,28-23?. The summed E-state index contributed by atoms with van der Waals surface area (Å²) in [6.45, 7) is 8.28. The Morgan fingerprint density at radius 3 is 2.34 bits per heavy atom. The molecule has 0 aliphatic carbocycles. The molecule has 3 rings (SSSR count). The average Bonchev–Trinajstić information content (AvgIpc) is 2.96. The molecule has 0 saturated carbocycles. The van der Waals surface area contributed by atoms with E-state index < -0.39 is 0 Å². The van der Waals surface area contributed by atoms with Gasteiger partial charge >= 0.3 is 0 Å². The fourth-order valence-electron chi connectivity index (χ4n) is 2.99. The molecular formula is C23H22Br2Cl2N2O2S. The van der Waals surface area contributed by atoms with Crippen LogP contribution in [-0.4, -0.2) is 28.1 Å². The van der Waals surface area contributed by atoms with E-state index in [1.807, 2.05) is 52.0 Å². The van der Waals surface area contributed by atoms with Crippen molar-refractivity contribution >= 4 is 84.0 Å². The van der Waals surface area contributed by atoms with Gasteiger partial charge in [0.05, 0.1) is 13.9 Å². The summed E-state index contributed by atoms with van der Waals surface area (Å²) in [5, 5.41) is 1.87. The van der Waals surface area contributed by atoms with E-state index in [1.54, 1.807) is 17.0 Å². The molecule has 1 aliphatic heterocycles. The van der Waals surface area contributed by atoms with E-state index in [4.69, 9.17) is 27.9 Å². The maximum atomic E-state index is 13.0. The van der Waals surface area contributed by atoms with Gasteiger partial charge in [-0.15, -0.1) is 0 Å². The van der Waals surface area contributed by atoms with Gasteiger partial charge in [-0.2, -0.15) is 0 Å². The zero-order valence-electron chi connectivity index (χ0n) is 18.0. The van der Waals surface area contributed by atoms with E-state index in [9.17, 15) is 4.79 Å². The highest BCUT2D eigenvalue weighted by atomic mass is 79.9. The number of aliphatic imine (C=N–C) groups is 1. The Morgan fingerprint density at radius 1 is 1.12 bits per heavy atom. The predicted octanol–water partition coefficient (Wildman–Crippen LogP) is 8.19. The molecule has 4 nitrogen and oxygen atoms in total. The second-order valence-corrected chi connectivity index (χ2v) is 11.3. The predicted molar refractivity (Wildman–Crippen MR) is 143 cm³/mol. The molecule has 2 aromatic rings. The monoisotopic (exact) mass is 618 g/mol. The van der Waals surface area contributed by atoms with Crippen LogP contribution in [0.3, 0.4) is 0 Å². The van der Waals surface area contributed by atoms with Crippen LogP contribution in [0.1, 0.15) is 38.8 Å². The number of amides is 1. The SMILES string of the molecule is CC(C)N=C1S/C(=C/c2cc(Br)c(OCc3ccc(Cl)cc3Cl)c(Br)c2)C(=O)N1C(C)C. The minimum atomic E-state index is -0.0330. The topological polar surface area (TPSA) is 41.9 Å². The highest BCUT2D eigenvalue weighted by molar-refractivity contribution is 9.11. The van der Waals surface area contributed by atoms with Crippen molar-refractivity contribution in [2.24, 2.45) is 4.99 Å². The summed E-state index contributed by atoms with van der Waals surface area (Å²) in [6, 6.07) is 9.29. The minimum absolute atomic E-state index is 0.0330. The molecule has 170 valence electrons. The molecule has 1 heterocycles. The zero-order chi connectivity index (χ0) is 23.6. The number of rotatable bonds is 6. The van der Waals surface area contributed by atoms with E-state index in [2.05, 4.69) is 36.9 Å². The smallest absolute Gasteiger partial charge is 0.266 e. The first-order valence-corrected chi connectivity index (χ1v) is 13.1. The Hall–Kier alpha value is -0.990. The Balaban J connectivity index is 1.84. The van der Waals surface area contributed by atoms with Crippen LogP contribution < -0.4 is 4.74 Å². The number of hydrogen-bond donors (Lipinski definition) is 0. The molecule has 0 N–H and O–H groups in total. The molecular weight excluding hydrogens is 599 g/mol. The van der Waals surface area contributed by atoms with Crippen molar-refractivity contribution in [2.75, 3.05) is 0 Å². The van der Waals surface area contributed by atoms with E-state index in [-0.39, 0.29) is 18.0 Å². The number of hydrogen-bond acceptors (Lipinski definition) is 4. The van der Waals surface area contributed by atoms with Crippen LogP contribution >= 0.6 is 66.8 Å².